The zero-order chi connectivity index (χ0) is 14.4. The second-order valence-corrected chi connectivity index (χ2v) is 4.36. The first-order chi connectivity index (χ1) is 8.91. The van der Waals surface area contributed by atoms with Crippen LogP contribution in [0.1, 0.15) is 12.5 Å². The van der Waals surface area contributed by atoms with Crippen molar-refractivity contribution in [2.75, 3.05) is 0 Å². The molecule has 0 aliphatic heterocycles. The highest BCUT2D eigenvalue weighted by Gasteiger charge is 2.27. The fraction of sp³-hybridized carbons (Fsp3) is 0.385. The molecule has 0 spiro atoms. The summed E-state index contributed by atoms with van der Waals surface area (Å²) in [5, 5.41) is 20.3. The minimum Gasteiger partial charge on any atom is -0.480 e. The van der Waals surface area contributed by atoms with E-state index < -0.39 is 30.1 Å². The predicted molar refractivity (Wildman–Crippen MR) is 76.6 cm³/mol. The van der Waals surface area contributed by atoms with Crippen LogP contribution in [0.5, 0.6) is 0 Å². The van der Waals surface area contributed by atoms with Crippen molar-refractivity contribution < 1.29 is 19.8 Å². The molecule has 0 bridgehead atoms. The first-order valence-corrected chi connectivity index (χ1v) is 5.92. The van der Waals surface area contributed by atoms with Gasteiger partial charge in [-0.15, -0.1) is 12.4 Å². The van der Waals surface area contributed by atoms with E-state index in [4.69, 9.17) is 10.8 Å². The van der Waals surface area contributed by atoms with Crippen molar-refractivity contribution >= 4 is 24.3 Å². The summed E-state index contributed by atoms with van der Waals surface area (Å²) in [6.07, 6.45) is -0.885. The number of aliphatic carboxylic acids is 1. The zero-order valence-electron chi connectivity index (χ0n) is 11.0. The third-order valence-electron chi connectivity index (χ3n) is 2.68. The molecule has 1 amide bonds. The Kier molecular flexibility index (Phi) is 7.83. The normalized spacial score (nSPS) is 14.6. The third-order valence-corrected chi connectivity index (χ3v) is 2.68. The van der Waals surface area contributed by atoms with Crippen molar-refractivity contribution in [1.29, 1.82) is 0 Å². The number of carboxylic acids is 1. The average molecular weight is 303 g/mol. The van der Waals surface area contributed by atoms with E-state index >= 15 is 0 Å². The van der Waals surface area contributed by atoms with Gasteiger partial charge in [-0.3, -0.25) is 4.79 Å². The molecule has 112 valence electrons. The molecule has 0 aromatic heterocycles. The van der Waals surface area contributed by atoms with Gasteiger partial charge in [-0.25, -0.2) is 4.79 Å². The lowest BCUT2D eigenvalue weighted by Crippen LogP contribution is -2.53. The summed E-state index contributed by atoms with van der Waals surface area (Å²) in [5.74, 6) is -1.90. The third kappa shape index (κ3) is 5.56. The fourth-order valence-electron chi connectivity index (χ4n) is 1.61. The van der Waals surface area contributed by atoms with Gasteiger partial charge >= 0.3 is 5.97 Å². The molecule has 0 saturated heterocycles. The minimum atomic E-state index is -1.35. The molecule has 1 rings (SSSR count). The Morgan fingerprint density at radius 2 is 1.85 bits per heavy atom. The summed E-state index contributed by atoms with van der Waals surface area (Å²) in [4.78, 5) is 22.6. The molecule has 0 saturated carbocycles. The number of halogens is 1. The maximum absolute atomic E-state index is 11.8. The standard InChI is InChI=1S/C13H18N2O4.ClH/c1-8(16)11(13(18)19)15-12(17)10(14)7-9-5-3-2-4-6-9;/h2-6,8,10-11,16H,7,14H2,1H3,(H,15,17)(H,18,19);1H/t8-,10+,11+;/m1./s1. The molecule has 20 heavy (non-hydrogen) atoms. The number of amides is 1. The Labute approximate surface area is 123 Å². The van der Waals surface area contributed by atoms with Gasteiger partial charge in [0.2, 0.25) is 5.91 Å². The molecular formula is C13H19ClN2O4. The topological polar surface area (TPSA) is 113 Å². The number of carbonyl (C=O) groups excluding carboxylic acids is 1. The quantitative estimate of drug-likeness (QED) is 0.587. The van der Waals surface area contributed by atoms with Crippen LogP contribution in [0.3, 0.4) is 0 Å². The van der Waals surface area contributed by atoms with Crippen molar-refractivity contribution in [2.45, 2.75) is 31.5 Å². The molecular weight excluding hydrogens is 284 g/mol. The monoisotopic (exact) mass is 302 g/mol. The van der Waals surface area contributed by atoms with E-state index in [2.05, 4.69) is 5.32 Å². The molecule has 1 aromatic rings. The van der Waals surface area contributed by atoms with Crippen LogP contribution >= 0.6 is 12.4 Å². The number of hydrogen-bond donors (Lipinski definition) is 4. The summed E-state index contributed by atoms with van der Waals surface area (Å²) < 4.78 is 0. The second kappa shape index (κ2) is 8.52. The molecule has 0 unspecified atom stereocenters. The number of aliphatic hydroxyl groups excluding tert-OH is 1. The number of nitrogens with two attached hydrogens (primary N) is 1. The molecule has 1 aromatic carbocycles. The summed E-state index contributed by atoms with van der Waals surface area (Å²) in [5.41, 5.74) is 6.59. The van der Waals surface area contributed by atoms with Crippen molar-refractivity contribution in [2.24, 2.45) is 5.73 Å². The number of rotatable bonds is 6. The Morgan fingerprint density at radius 3 is 2.30 bits per heavy atom. The van der Waals surface area contributed by atoms with Gasteiger partial charge in [-0.2, -0.15) is 0 Å². The molecule has 6 nitrogen and oxygen atoms in total. The maximum atomic E-state index is 11.8. The van der Waals surface area contributed by atoms with Gasteiger partial charge in [-0.05, 0) is 18.9 Å². The Bertz CT molecular complexity index is 439. The highest BCUT2D eigenvalue weighted by atomic mass is 35.5. The highest BCUT2D eigenvalue weighted by Crippen LogP contribution is 2.02. The second-order valence-electron chi connectivity index (χ2n) is 4.36. The lowest BCUT2D eigenvalue weighted by atomic mass is 10.1. The number of benzene rings is 1. The van der Waals surface area contributed by atoms with Crippen molar-refractivity contribution in [1.82, 2.24) is 5.32 Å². The SMILES string of the molecule is C[C@@H](O)[C@H](NC(=O)[C@@H](N)Cc1ccccc1)C(=O)O.Cl. The summed E-state index contributed by atoms with van der Waals surface area (Å²) >= 11 is 0. The molecule has 0 radical (unpaired) electrons. The Balaban J connectivity index is 0.00000361. The first-order valence-electron chi connectivity index (χ1n) is 5.92. The summed E-state index contributed by atoms with van der Waals surface area (Å²) in [6.45, 7) is 1.29. The van der Waals surface area contributed by atoms with E-state index in [-0.39, 0.29) is 12.4 Å². The van der Waals surface area contributed by atoms with E-state index in [0.717, 1.165) is 5.56 Å². The van der Waals surface area contributed by atoms with Gasteiger partial charge in [-0.1, -0.05) is 30.3 Å². The molecule has 0 aliphatic rings. The number of carboxylic acid groups (broad SMARTS) is 1. The Morgan fingerprint density at radius 1 is 1.30 bits per heavy atom. The lowest BCUT2D eigenvalue weighted by Gasteiger charge is -2.19. The maximum Gasteiger partial charge on any atom is 0.328 e. The van der Waals surface area contributed by atoms with E-state index in [0.29, 0.717) is 6.42 Å². The van der Waals surface area contributed by atoms with Crippen LogP contribution in [-0.4, -0.2) is 40.3 Å². The van der Waals surface area contributed by atoms with Gasteiger partial charge < -0.3 is 21.3 Å². The minimum absolute atomic E-state index is 0. The van der Waals surface area contributed by atoms with E-state index in [1.807, 2.05) is 30.3 Å². The number of hydrogen-bond acceptors (Lipinski definition) is 4. The smallest absolute Gasteiger partial charge is 0.328 e. The van der Waals surface area contributed by atoms with E-state index in [1.165, 1.54) is 6.92 Å². The number of aliphatic hydroxyl groups is 1. The number of carbonyl (C=O) groups is 2. The van der Waals surface area contributed by atoms with Crippen LogP contribution in [0.2, 0.25) is 0 Å². The number of nitrogens with one attached hydrogen (secondary N) is 1. The molecule has 0 heterocycles. The van der Waals surface area contributed by atoms with Crippen molar-refractivity contribution in [3.8, 4) is 0 Å². The Hall–Kier alpha value is -1.63. The van der Waals surface area contributed by atoms with Crippen LogP contribution < -0.4 is 11.1 Å². The van der Waals surface area contributed by atoms with Crippen molar-refractivity contribution in [3.63, 3.8) is 0 Å². The van der Waals surface area contributed by atoms with Crippen LogP contribution in [0, 0.1) is 0 Å². The fourth-order valence-corrected chi connectivity index (χ4v) is 1.61. The van der Waals surface area contributed by atoms with Gasteiger partial charge in [0.05, 0.1) is 12.1 Å². The molecule has 5 N–H and O–H groups in total. The van der Waals surface area contributed by atoms with E-state index in [9.17, 15) is 14.7 Å². The van der Waals surface area contributed by atoms with Crippen LogP contribution in [0.15, 0.2) is 30.3 Å². The van der Waals surface area contributed by atoms with Crippen molar-refractivity contribution in [3.05, 3.63) is 35.9 Å². The molecule has 3 atom stereocenters. The summed E-state index contributed by atoms with van der Waals surface area (Å²) in [7, 11) is 0. The van der Waals surface area contributed by atoms with Crippen LogP contribution in [-0.2, 0) is 16.0 Å². The van der Waals surface area contributed by atoms with Gasteiger partial charge in [0, 0.05) is 0 Å². The van der Waals surface area contributed by atoms with Gasteiger partial charge in [0.15, 0.2) is 6.04 Å². The van der Waals surface area contributed by atoms with E-state index in [1.54, 1.807) is 0 Å². The first kappa shape index (κ1) is 18.4. The predicted octanol–water partition coefficient (Wildman–Crippen LogP) is -0.0716. The van der Waals surface area contributed by atoms with Gasteiger partial charge in [0.1, 0.15) is 0 Å². The molecule has 7 heteroatoms. The highest BCUT2D eigenvalue weighted by molar-refractivity contribution is 5.87. The zero-order valence-corrected chi connectivity index (χ0v) is 11.8. The van der Waals surface area contributed by atoms with Crippen LogP contribution in [0.25, 0.3) is 0 Å². The van der Waals surface area contributed by atoms with Crippen LogP contribution in [0.4, 0.5) is 0 Å². The summed E-state index contributed by atoms with van der Waals surface area (Å²) in [6, 6.07) is 6.96. The lowest BCUT2D eigenvalue weighted by molar-refractivity contribution is -0.144. The largest absolute Gasteiger partial charge is 0.480 e. The molecule has 0 fully saturated rings. The average Bonchev–Trinajstić information content (AvgIpc) is 2.35. The molecule has 0 aliphatic carbocycles. The van der Waals surface area contributed by atoms with Gasteiger partial charge in [0.25, 0.3) is 0 Å².